The Balaban J connectivity index is 2.25. The van der Waals surface area contributed by atoms with Crippen LogP contribution in [0.5, 0.6) is 0 Å². The van der Waals surface area contributed by atoms with Crippen molar-refractivity contribution in [2.45, 2.75) is 0 Å². The third-order valence-corrected chi connectivity index (χ3v) is 1.59. The molecule has 0 fully saturated rings. The molecular weight excluding hydrogens is 148 g/mol. The Bertz CT molecular complexity index is 285. The fourth-order valence-corrected chi connectivity index (χ4v) is 1.03. The van der Waals surface area contributed by atoms with Gasteiger partial charge in [-0.1, -0.05) is 24.3 Å². The molecule has 0 unspecified atom stereocenters. The first-order chi connectivity index (χ1) is 5.97. The number of nitrogens with zero attached hydrogens (tertiary/aromatic N) is 2. The zero-order chi connectivity index (χ0) is 8.23. The van der Waals surface area contributed by atoms with Crippen molar-refractivity contribution in [2.75, 3.05) is 0 Å². The van der Waals surface area contributed by atoms with E-state index >= 15 is 0 Å². The van der Waals surface area contributed by atoms with Crippen molar-refractivity contribution >= 4 is 0 Å². The molecule has 0 spiro atoms. The van der Waals surface area contributed by atoms with Gasteiger partial charge < -0.3 is 5.32 Å². The topological polar surface area (TPSA) is 28.2 Å². The maximum Gasteiger partial charge on any atom is 0.0482 e. The minimum absolute atomic E-state index is 0.915. The summed E-state index contributed by atoms with van der Waals surface area (Å²) in [6, 6.07) is 0. The normalized spacial score (nSPS) is 25.3. The van der Waals surface area contributed by atoms with E-state index in [4.69, 9.17) is 0 Å². The van der Waals surface area contributed by atoms with Crippen LogP contribution in [0.4, 0.5) is 0 Å². The first-order valence-corrected chi connectivity index (χ1v) is 3.79. The highest BCUT2D eigenvalue weighted by molar-refractivity contribution is 5.48. The zero-order valence-electron chi connectivity index (χ0n) is 6.51. The maximum absolute atomic E-state index is 4.19. The van der Waals surface area contributed by atoms with Crippen molar-refractivity contribution in [3.05, 3.63) is 65.6 Å². The van der Waals surface area contributed by atoms with Gasteiger partial charge in [-0.05, 0) is 12.2 Å². The highest BCUT2D eigenvalue weighted by Gasteiger charge is 1.95. The SMILES string of the molecule is C1=C[N]/C(=C2\C=CC=C[N-]2)C=C1. The Morgan fingerprint density at radius 2 is 1.92 bits per heavy atom. The van der Waals surface area contributed by atoms with Gasteiger partial charge in [0.2, 0.25) is 0 Å². The van der Waals surface area contributed by atoms with Gasteiger partial charge in [0.05, 0.1) is 0 Å². The lowest BCUT2D eigenvalue weighted by molar-refractivity contribution is 1.06. The third-order valence-electron chi connectivity index (χ3n) is 1.59. The van der Waals surface area contributed by atoms with Crippen molar-refractivity contribution in [3.63, 3.8) is 0 Å². The summed E-state index contributed by atoms with van der Waals surface area (Å²) in [5, 5.41) is 8.37. The quantitative estimate of drug-likeness (QED) is 0.515. The predicted molar refractivity (Wildman–Crippen MR) is 49.1 cm³/mol. The average molecular weight is 156 g/mol. The Morgan fingerprint density at radius 1 is 1.00 bits per heavy atom. The molecule has 0 N–H and O–H groups in total. The standard InChI is InChI=1S/C10H8N2/c1-3-7-11-9(5-1)10-6-2-4-8-12-10/h1-8H/q-1/b10-9+. The first kappa shape index (κ1) is 6.98. The highest BCUT2D eigenvalue weighted by atomic mass is 14.9. The number of hydrogen-bond acceptors (Lipinski definition) is 0. The van der Waals surface area contributed by atoms with E-state index in [1.165, 1.54) is 0 Å². The van der Waals surface area contributed by atoms with Gasteiger partial charge in [0.15, 0.2) is 0 Å². The second-order valence-electron chi connectivity index (χ2n) is 2.43. The molecule has 0 atom stereocenters. The molecule has 12 heavy (non-hydrogen) atoms. The summed E-state index contributed by atoms with van der Waals surface area (Å²) in [4.78, 5) is 0. The number of hydrogen-bond donors (Lipinski definition) is 0. The van der Waals surface area contributed by atoms with Gasteiger partial charge in [-0.25, -0.2) is 0 Å². The molecule has 2 nitrogen and oxygen atoms in total. The van der Waals surface area contributed by atoms with Crippen LogP contribution in [-0.2, 0) is 0 Å². The minimum atomic E-state index is 0.915. The second-order valence-corrected chi connectivity index (χ2v) is 2.43. The Hall–Kier alpha value is -1.70. The number of allylic oxidation sites excluding steroid dienone is 6. The molecule has 2 rings (SSSR count). The lowest BCUT2D eigenvalue weighted by Gasteiger charge is -2.23. The van der Waals surface area contributed by atoms with Crippen molar-refractivity contribution < 1.29 is 0 Å². The molecule has 1 radical (unpaired) electrons. The smallest absolute Gasteiger partial charge is 0.0482 e. The summed E-state index contributed by atoms with van der Waals surface area (Å²) in [6.45, 7) is 0. The summed E-state index contributed by atoms with van der Waals surface area (Å²) in [5.41, 5.74) is 1.83. The first-order valence-electron chi connectivity index (χ1n) is 3.79. The zero-order valence-corrected chi connectivity index (χ0v) is 6.51. The van der Waals surface area contributed by atoms with E-state index in [0.717, 1.165) is 11.4 Å². The lowest BCUT2D eigenvalue weighted by atomic mass is 10.2. The van der Waals surface area contributed by atoms with E-state index in [1.54, 1.807) is 12.4 Å². The van der Waals surface area contributed by atoms with Gasteiger partial charge in [0, 0.05) is 11.9 Å². The van der Waals surface area contributed by atoms with Gasteiger partial charge in [-0.2, -0.15) is 6.20 Å². The summed E-state index contributed by atoms with van der Waals surface area (Å²) < 4.78 is 0. The third kappa shape index (κ3) is 1.32. The highest BCUT2D eigenvalue weighted by Crippen LogP contribution is 2.18. The molecule has 0 amide bonds. The summed E-state index contributed by atoms with van der Waals surface area (Å²) in [7, 11) is 0. The van der Waals surface area contributed by atoms with Gasteiger partial charge in [-0.3, -0.25) is 5.32 Å². The minimum Gasteiger partial charge on any atom is -0.662 e. The van der Waals surface area contributed by atoms with Crippen molar-refractivity contribution in [1.82, 2.24) is 5.32 Å². The molecule has 0 bridgehead atoms. The molecule has 2 heteroatoms. The molecular formula is C10H8N2-. The molecule has 2 aliphatic heterocycles. The largest absolute Gasteiger partial charge is 0.662 e. The van der Waals surface area contributed by atoms with Crippen LogP contribution in [0, 0.1) is 0 Å². The van der Waals surface area contributed by atoms with Crippen LogP contribution >= 0.6 is 0 Å². The van der Waals surface area contributed by atoms with E-state index in [1.807, 2.05) is 36.5 Å². The van der Waals surface area contributed by atoms with Gasteiger partial charge >= 0.3 is 0 Å². The summed E-state index contributed by atoms with van der Waals surface area (Å²) >= 11 is 0. The summed E-state index contributed by atoms with van der Waals surface area (Å²) in [5.74, 6) is 0. The number of rotatable bonds is 0. The van der Waals surface area contributed by atoms with E-state index in [-0.39, 0.29) is 0 Å². The van der Waals surface area contributed by atoms with Crippen molar-refractivity contribution in [2.24, 2.45) is 0 Å². The van der Waals surface area contributed by atoms with Gasteiger partial charge in [0.1, 0.15) is 0 Å². The average Bonchev–Trinajstić information content (AvgIpc) is 2.21. The van der Waals surface area contributed by atoms with Crippen LogP contribution in [0.25, 0.3) is 5.32 Å². The van der Waals surface area contributed by atoms with Crippen LogP contribution in [0.3, 0.4) is 0 Å². The predicted octanol–water partition coefficient (Wildman–Crippen LogP) is 2.34. The van der Waals surface area contributed by atoms with Gasteiger partial charge in [0.25, 0.3) is 0 Å². The Labute approximate surface area is 71.7 Å². The monoisotopic (exact) mass is 156 g/mol. The molecule has 0 aliphatic carbocycles. The Kier molecular flexibility index (Phi) is 1.82. The molecule has 2 aliphatic rings. The molecule has 0 aromatic heterocycles. The van der Waals surface area contributed by atoms with E-state index in [0.29, 0.717) is 0 Å². The lowest BCUT2D eigenvalue weighted by Crippen LogP contribution is -2.00. The van der Waals surface area contributed by atoms with Crippen molar-refractivity contribution in [1.29, 1.82) is 0 Å². The van der Waals surface area contributed by atoms with E-state index < -0.39 is 0 Å². The van der Waals surface area contributed by atoms with E-state index in [2.05, 4.69) is 10.6 Å². The van der Waals surface area contributed by atoms with Crippen LogP contribution in [0.1, 0.15) is 0 Å². The van der Waals surface area contributed by atoms with Crippen LogP contribution in [0.2, 0.25) is 0 Å². The van der Waals surface area contributed by atoms with Crippen LogP contribution in [-0.4, -0.2) is 0 Å². The second kappa shape index (κ2) is 3.13. The fourth-order valence-electron chi connectivity index (χ4n) is 1.03. The fraction of sp³-hybridized carbons (Fsp3) is 0. The van der Waals surface area contributed by atoms with Crippen molar-refractivity contribution in [3.8, 4) is 0 Å². The molecule has 2 heterocycles. The molecule has 0 aromatic rings. The molecule has 59 valence electrons. The Morgan fingerprint density at radius 3 is 2.58 bits per heavy atom. The summed E-state index contributed by atoms with van der Waals surface area (Å²) in [6.07, 6.45) is 15.1. The molecule has 0 saturated heterocycles. The molecule has 0 saturated carbocycles. The van der Waals surface area contributed by atoms with Gasteiger partial charge in [-0.15, -0.1) is 5.70 Å². The van der Waals surface area contributed by atoms with E-state index in [9.17, 15) is 0 Å². The van der Waals surface area contributed by atoms with Crippen LogP contribution < -0.4 is 5.32 Å². The van der Waals surface area contributed by atoms with Crippen LogP contribution in [0.15, 0.2) is 60.3 Å². The molecule has 0 aromatic carbocycles. The maximum atomic E-state index is 4.19.